The molecule has 29 heavy (non-hydrogen) atoms. The maximum absolute atomic E-state index is 12.7. The highest BCUT2D eigenvalue weighted by molar-refractivity contribution is 6.09. The van der Waals surface area contributed by atoms with Crippen molar-refractivity contribution >= 4 is 23.1 Å². The first-order chi connectivity index (χ1) is 13.7. The van der Waals surface area contributed by atoms with Crippen LogP contribution in [0.15, 0.2) is 42.7 Å². The molecule has 0 unspecified atom stereocenters. The van der Waals surface area contributed by atoms with Crippen LogP contribution in [0.25, 0.3) is 5.65 Å². The number of rotatable bonds is 5. The number of alkyl halides is 3. The van der Waals surface area contributed by atoms with Crippen LogP contribution in [0.5, 0.6) is 0 Å². The van der Waals surface area contributed by atoms with E-state index in [1.165, 1.54) is 17.5 Å². The minimum atomic E-state index is -4.93. The van der Waals surface area contributed by atoms with Crippen molar-refractivity contribution in [2.75, 3.05) is 11.9 Å². The van der Waals surface area contributed by atoms with Gasteiger partial charge in [-0.1, -0.05) is 12.1 Å². The van der Waals surface area contributed by atoms with Crippen LogP contribution in [0.2, 0.25) is 0 Å². The zero-order valence-electron chi connectivity index (χ0n) is 15.7. The number of amides is 2. The third kappa shape index (κ3) is 4.36. The molecule has 1 N–H and O–H groups in total. The molecule has 0 atom stereocenters. The highest BCUT2D eigenvalue weighted by Crippen LogP contribution is 2.21. The molecule has 3 rings (SSSR count). The number of anilines is 1. The first-order valence-corrected chi connectivity index (χ1v) is 8.77. The molecule has 0 aliphatic heterocycles. The quantitative estimate of drug-likeness (QED) is 0.707. The van der Waals surface area contributed by atoms with E-state index < -0.39 is 18.0 Å². The molecular weight excluding hydrogens is 387 g/mol. The van der Waals surface area contributed by atoms with E-state index in [0.717, 1.165) is 0 Å². The van der Waals surface area contributed by atoms with Crippen molar-refractivity contribution < 1.29 is 22.8 Å². The van der Waals surface area contributed by atoms with Crippen molar-refractivity contribution in [3.63, 3.8) is 0 Å². The second-order valence-electron chi connectivity index (χ2n) is 6.32. The number of nitrogens with one attached hydrogen (secondary N) is 1. The van der Waals surface area contributed by atoms with Gasteiger partial charge >= 0.3 is 12.1 Å². The van der Waals surface area contributed by atoms with Gasteiger partial charge in [0.1, 0.15) is 5.56 Å². The summed E-state index contributed by atoms with van der Waals surface area (Å²) in [5, 5.41) is 6.94. The van der Waals surface area contributed by atoms with Gasteiger partial charge in [-0.2, -0.15) is 18.3 Å². The maximum atomic E-state index is 12.7. The molecule has 2 amide bonds. The molecule has 0 aliphatic carbocycles. The zero-order valence-corrected chi connectivity index (χ0v) is 15.7. The zero-order chi connectivity index (χ0) is 21.2. The second-order valence-corrected chi connectivity index (χ2v) is 6.32. The molecule has 0 saturated heterocycles. The standard InChI is InChI=1S/C19H18F3N5O2/c1-3-26(18(29)19(20,21)22)11-13-6-4-7-14(10-13)24-17(28)15-12(2)25-27-9-5-8-23-16(15)27/h4-10H,3,11H2,1-2H3,(H,24,28). The summed E-state index contributed by atoms with van der Waals surface area (Å²) in [6.07, 6.45) is -1.72. The van der Waals surface area contributed by atoms with Gasteiger partial charge in [-0.25, -0.2) is 9.50 Å². The number of hydrogen-bond acceptors (Lipinski definition) is 4. The fourth-order valence-electron chi connectivity index (χ4n) is 2.93. The highest BCUT2D eigenvalue weighted by Gasteiger charge is 2.41. The third-order valence-corrected chi connectivity index (χ3v) is 4.27. The van der Waals surface area contributed by atoms with Crippen LogP contribution >= 0.6 is 0 Å². The monoisotopic (exact) mass is 405 g/mol. The molecule has 152 valence electrons. The van der Waals surface area contributed by atoms with Gasteiger partial charge in [0.25, 0.3) is 5.91 Å². The van der Waals surface area contributed by atoms with Crippen molar-refractivity contribution in [1.29, 1.82) is 0 Å². The Bertz CT molecular complexity index is 1060. The molecule has 2 aromatic heterocycles. The lowest BCUT2D eigenvalue weighted by atomic mass is 10.1. The summed E-state index contributed by atoms with van der Waals surface area (Å²) in [7, 11) is 0. The van der Waals surface area contributed by atoms with Crippen molar-refractivity contribution in [2.45, 2.75) is 26.6 Å². The first-order valence-electron chi connectivity index (χ1n) is 8.77. The summed E-state index contributed by atoms with van der Waals surface area (Å²) < 4.78 is 39.6. The van der Waals surface area contributed by atoms with Gasteiger partial charge in [0.05, 0.1) is 5.69 Å². The predicted octanol–water partition coefficient (Wildman–Crippen LogP) is 3.20. The van der Waals surface area contributed by atoms with Gasteiger partial charge in [-0.15, -0.1) is 0 Å². The smallest absolute Gasteiger partial charge is 0.331 e. The van der Waals surface area contributed by atoms with Crippen molar-refractivity contribution in [2.24, 2.45) is 0 Å². The molecule has 3 aromatic rings. The minimum absolute atomic E-state index is 0.0950. The number of carbonyl (C=O) groups is 2. The predicted molar refractivity (Wildman–Crippen MR) is 99.3 cm³/mol. The Kier molecular flexibility index (Phi) is 5.53. The Morgan fingerprint density at radius 1 is 1.24 bits per heavy atom. The lowest BCUT2D eigenvalue weighted by Gasteiger charge is -2.22. The molecule has 7 nitrogen and oxygen atoms in total. The maximum Gasteiger partial charge on any atom is 0.471 e. The van der Waals surface area contributed by atoms with Crippen LogP contribution in [0.1, 0.15) is 28.5 Å². The number of halogens is 3. The Morgan fingerprint density at radius 2 is 2.00 bits per heavy atom. The molecule has 2 heterocycles. The SMILES string of the molecule is CCN(Cc1cccc(NC(=O)c2c(C)nn3cccnc23)c1)C(=O)C(F)(F)F. The Balaban J connectivity index is 1.80. The fraction of sp³-hybridized carbons (Fsp3) is 0.263. The van der Waals surface area contributed by atoms with Gasteiger partial charge in [-0.05, 0) is 37.6 Å². The molecule has 0 aliphatic rings. The van der Waals surface area contributed by atoms with Gasteiger partial charge in [0, 0.05) is 31.2 Å². The summed E-state index contributed by atoms with van der Waals surface area (Å²) in [6, 6.07) is 8.00. The van der Waals surface area contributed by atoms with Crippen LogP contribution in [0, 0.1) is 6.92 Å². The molecule has 10 heteroatoms. The van der Waals surface area contributed by atoms with Gasteiger partial charge < -0.3 is 10.2 Å². The van der Waals surface area contributed by atoms with E-state index in [4.69, 9.17) is 0 Å². The number of aromatic nitrogens is 3. The highest BCUT2D eigenvalue weighted by atomic mass is 19.4. The van der Waals surface area contributed by atoms with Crippen molar-refractivity contribution in [1.82, 2.24) is 19.5 Å². The third-order valence-electron chi connectivity index (χ3n) is 4.27. The van der Waals surface area contributed by atoms with Crippen LogP contribution in [-0.2, 0) is 11.3 Å². The number of carbonyl (C=O) groups excluding carboxylic acids is 2. The number of fused-ring (bicyclic) bond motifs is 1. The minimum Gasteiger partial charge on any atom is -0.331 e. The fourth-order valence-corrected chi connectivity index (χ4v) is 2.93. The Hall–Kier alpha value is -3.43. The first kappa shape index (κ1) is 20.3. The van der Waals surface area contributed by atoms with Crippen LogP contribution < -0.4 is 5.32 Å². The van der Waals surface area contributed by atoms with Crippen LogP contribution in [0.3, 0.4) is 0 Å². The Labute approximate surface area is 164 Å². The van der Waals surface area contributed by atoms with Gasteiger partial charge in [-0.3, -0.25) is 9.59 Å². The topological polar surface area (TPSA) is 79.6 Å². The summed E-state index contributed by atoms with van der Waals surface area (Å²) in [5.41, 5.74) is 2.03. The number of aryl methyl sites for hydroxylation is 1. The van der Waals surface area contributed by atoms with Gasteiger partial charge in [0.15, 0.2) is 5.65 Å². The van der Waals surface area contributed by atoms with E-state index in [1.807, 2.05) is 0 Å². The van der Waals surface area contributed by atoms with Crippen LogP contribution in [0.4, 0.5) is 18.9 Å². The van der Waals surface area contributed by atoms with E-state index in [-0.39, 0.29) is 13.1 Å². The van der Waals surface area contributed by atoms with Gasteiger partial charge in [0.2, 0.25) is 0 Å². The molecule has 0 bridgehead atoms. The lowest BCUT2D eigenvalue weighted by Crippen LogP contribution is -2.40. The summed E-state index contributed by atoms with van der Waals surface area (Å²) in [5.74, 6) is -2.34. The Morgan fingerprint density at radius 3 is 2.69 bits per heavy atom. The summed E-state index contributed by atoms with van der Waals surface area (Å²) in [6.45, 7) is 2.83. The number of benzene rings is 1. The molecule has 0 fully saturated rings. The molecule has 0 saturated carbocycles. The van der Waals surface area contributed by atoms with E-state index in [2.05, 4.69) is 15.4 Å². The van der Waals surface area contributed by atoms with E-state index in [0.29, 0.717) is 33.1 Å². The average Bonchev–Trinajstić information content (AvgIpc) is 3.01. The van der Waals surface area contributed by atoms with E-state index in [1.54, 1.807) is 43.6 Å². The second kappa shape index (κ2) is 7.90. The van der Waals surface area contributed by atoms with E-state index >= 15 is 0 Å². The normalized spacial score (nSPS) is 11.5. The molecular formula is C19H18F3N5O2. The summed E-state index contributed by atoms with van der Waals surface area (Å²) in [4.78, 5) is 29.1. The molecule has 1 aromatic carbocycles. The largest absolute Gasteiger partial charge is 0.471 e. The molecule has 0 spiro atoms. The van der Waals surface area contributed by atoms with Crippen molar-refractivity contribution in [3.05, 3.63) is 59.5 Å². The average molecular weight is 405 g/mol. The number of nitrogens with zero attached hydrogens (tertiary/aromatic N) is 4. The molecule has 0 radical (unpaired) electrons. The number of hydrogen-bond donors (Lipinski definition) is 1. The van der Waals surface area contributed by atoms with Crippen molar-refractivity contribution in [3.8, 4) is 0 Å². The lowest BCUT2D eigenvalue weighted by molar-refractivity contribution is -0.185. The summed E-state index contributed by atoms with van der Waals surface area (Å²) >= 11 is 0. The van der Waals surface area contributed by atoms with Crippen LogP contribution in [-0.4, -0.2) is 44.0 Å². The van der Waals surface area contributed by atoms with E-state index in [9.17, 15) is 22.8 Å².